The Morgan fingerprint density at radius 3 is 2.27 bits per heavy atom. The van der Waals surface area contributed by atoms with Gasteiger partial charge in [-0.15, -0.1) is 0 Å². The highest BCUT2D eigenvalue weighted by Crippen LogP contribution is 2.23. The molecule has 0 saturated heterocycles. The van der Waals surface area contributed by atoms with E-state index in [-0.39, 0.29) is 0 Å². The van der Waals surface area contributed by atoms with Crippen molar-refractivity contribution in [1.29, 1.82) is 0 Å². The molecule has 0 bridgehead atoms. The molecule has 84 valence electrons. The Balaban J connectivity index is 2.70. The molecule has 1 heterocycles. The van der Waals surface area contributed by atoms with Gasteiger partial charge in [-0.1, -0.05) is 37.0 Å². The SMILES string of the molecule is CCC(C)SCc1nc(Cl)c(C)c(Cl)n1. The van der Waals surface area contributed by atoms with Crippen LogP contribution in [0.1, 0.15) is 31.7 Å². The number of aromatic nitrogens is 2. The van der Waals surface area contributed by atoms with Gasteiger partial charge in [0.25, 0.3) is 0 Å². The zero-order valence-electron chi connectivity index (χ0n) is 9.05. The van der Waals surface area contributed by atoms with Crippen LogP contribution >= 0.6 is 35.0 Å². The Kier molecular flexibility index (Phi) is 5.16. The molecule has 0 aliphatic heterocycles. The third-order valence-corrected chi connectivity index (χ3v) is 4.21. The van der Waals surface area contributed by atoms with E-state index in [1.54, 1.807) is 0 Å². The van der Waals surface area contributed by atoms with Crippen LogP contribution in [0, 0.1) is 6.92 Å². The highest BCUT2D eigenvalue weighted by Gasteiger charge is 2.08. The summed E-state index contributed by atoms with van der Waals surface area (Å²) >= 11 is 13.7. The Morgan fingerprint density at radius 2 is 1.80 bits per heavy atom. The van der Waals surface area contributed by atoms with Gasteiger partial charge >= 0.3 is 0 Å². The minimum Gasteiger partial charge on any atom is -0.220 e. The van der Waals surface area contributed by atoms with Crippen LogP contribution in [0.3, 0.4) is 0 Å². The highest BCUT2D eigenvalue weighted by atomic mass is 35.5. The number of thioether (sulfide) groups is 1. The number of halogens is 2. The summed E-state index contributed by atoms with van der Waals surface area (Å²) in [5.41, 5.74) is 0.746. The predicted octanol–water partition coefficient (Wildman–Crippen LogP) is 4.12. The van der Waals surface area contributed by atoms with Gasteiger partial charge < -0.3 is 0 Å². The molecule has 15 heavy (non-hydrogen) atoms. The summed E-state index contributed by atoms with van der Waals surface area (Å²) in [6.45, 7) is 6.16. The van der Waals surface area contributed by atoms with Crippen molar-refractivity contribution in [3.05, 3.63) is 21.7 Å². The molecule has 0 aromatic carbocycles. The Bertz CT molecular complexity index is 321. The van der Waals surface area contributed by atoms with Crippen LogP contribution in [-0.2, 0) is 5.75 Å². The minimum absolute atomic E-state index is 0.453. The first-order valence-corrected chi connectivity index (χ1v) is 6.65. The van der Waals surface area contributed by atoms with Crippen molar-refractivity contribution in [3.63, 3.8) is 0 Å². The molecule has 1 aromatic heterocycles. The molecule has 1 unspecified atom stereocenters. The number of rotatable bonds is 4. The Morgan fingerprint density at radius 1 is 1.27 bits per heavy atom. The topological polar surface area (TPSA) is 25.8 Å². The molecule has 1 rings (SSSR count). The Labute approximate surface area is 105 Å². The van der Waals surface area contributed by atoms with E-state index in [1.165, 1.54) is 0 Å². The predicted molar refractivity (Wildman–Crippen MR) is 67.8 cm³/mol. The van der Waals surface area contributed by atoms with Gasteiger partial charge in [0, 0.05) is 10.8 Å². The van der Waals surface area contributed by atoms with Gasteiger partial charge in [0.05, 0.1) is 5.75 Å². The van der Waals surface area contributed by atoms with Crippen LogP contribution < -0.4 is 0 Å². The lowest BCUT2D eigenvalue weighted by Crippen LogP contribution is -2.00. The van der Waals surface area contributed by atoms with Crippen LogP contribution in [0.2, 0.25) is 10.3 Å². The maximum Gasteiger partial charge on any atom is 0.141 e. The Hall–Kier alpha value is 0.01000. The molecule has 0 fully saturated rings. The summed E-state index contributed by atoms with van der Waals surface area (Å²) < 4.78 is 0. The van der Waals surface area contributed by atoms with Crippen molar-refractivity contribution in [2.75, 3.05) is 0 Å². The van der Waals surface area contributed by atoms with Crippen LogP contribution in [-0.4, -0.2) is 15.2 Å². The largest absolute Gasteiger partial charge is 0.220 e. The molecule has 5 heteroatoms. The van der Waals surface area contributed by atoms with Gasteiger partial charge in [-0.3, -0.25) is 0 Å². The van der Waals surface area contributed by atoms with Crippen LogP contribution in [0.15, 0.2) is 0 Å². The van der Waals surface area contributed by atoms with Gasteiger partial charge in [-0.05, 0) is 13.3 Å². The molecule has 0 N–H and O–H groups in total. The summed E-state index contributed by atoms with van der Waals surface area (Å²) in [4.78, 5) is 8.38. The zero-order valence-corrected chi connectivity index (χ0v) is 11.4. The first-order valence-electron chi connectivity index (χ1n) is 4.84. The van der Waals surface area contributed by atoms with Crippen molar-refractivity contribution in [2.45, 2.75) is 38.2 Å². The fraction of sp³-hybridized carbons (Fsp3) is 0.600. The molecule has 1 atom stereocenters. The third kappa shape index (κ3) is 3.82. The molecule has 0 radical (unpaired) electrons. The average Bonchev–Trinajstić information content (AvgIpc) is 2.22. The molecule has 0 amide bonds. The average molecular weight is 265 g/mol. The van der Waals surface area contributed by atoms with E-state index in [9.17, 15) is 0 Å². The molecular weight excluding hydrogens is 251 g/mol. The number of hydrogen-bond acceptors (Lipinski definition) is 3. The van der Waals surface area contributed by atoms with E-state index in [1.807, 2.05) is 18.7 Å². The smallest absolute Gasteiger partial charge is 0.141 e. The van der Waals surface area contributed by atoms with Gasteiger partial charge in [0.15, 0.2) is 0 Å². The lowest BCUT2D eigenvalue weighted by atomic mass is 10.4. The maximum absolute atomic E-state index is 5.92. The normalized spacial score (nSPS) is 12.9. The molecule has 0 aliphatic carbocycles. The summed E-state index contributed by atoms with van der Waals surface area (Å²) in [5, 5.41) is 1.51. The fourth-order valence-corrected chi connectivity index (χ4v) is 2.12. The number of nitrogens with zero attached hydrogens (tertiary/aromatic N) is 2. The molecule has 0 aliphatic rings. The minimum atomic E-state index is 0.453. The zero-order chi connectivity index (χ0) is 11.4. The third-order valence-electron chi connectivity index (χ3n) is 2.15. The van der Waals surface area contributed by atoms with Gasteiger partial charge in [-0.25, -0.2) is 9.97 Å². The molecular formula is C10H14Cl2N2S. The van der Waals surface area contributed by atoms with Gasteiger partial charge in [-0.2, -0.15) is 11.8 Å². The van der Waals surface area contributed by atoms with Crippen LogP contribution in [0.5, 0.6) is 0 Å². The van der Waals surface area contributed by atoms with Crippen LogP contribution in [0.4, 0.5) is 0 Å². The first-order chi connectivity index (χ1) is 7.04. The molecule has 1 aromatic rings. The van der Waals surface area contributed by atoms with Crippen molar-refractivity contribution in [1.82, 2.24) is 9.97 Å². The van der Waals surface area contributed by atoms with Crippen LogP contribution in [0.25, 0.3) is 0 Å². The second kappa shape index (κ2) is 5.92. The fourth-order valence-electron chi connectivity index (χ4n) is 0.904. The quantitative estimate of drug-likeness (QED) is 0.766. The second-order valence-electron chi connectivity index (χ2n) is 3.38. The van der Waals surface area contributed by atoms with Crippen molar-refractivity contribution in [2.24, 2.45) is 0 Å². The van der Waals surface area contributed by atoms with E-state index in [4.69, 9.17) is 23.2 Å². The molecule has 0 saturated carbocycles. The maximum atomic E-state index is 5.92. The first kappa shape index (κ1) is 13.1. The summed E-state index contributed by atoms with van der Waals surface area (Å²) in [5.74, 6) is 1.47. The van der Waals surface area contributed by atoms with Gasteiger partial charge in [0.2, 0.25) is 0 Å². The summed E-state index contributed by atoms with van der Waals surface area (Å²) in [6.07, 6.45) is 1.14. The van der Waals surface area contributed by atoms with Gasteiger partial charge in [0.1, 0.15) is 16.1 Å². The monoisotopic (exact) mass is 264 g/mol. The summed E-state index contributed by atoms with van der Waals surface area (Å²) in [7, 11) is 0. The van der Waals surface area contributed by atoms with E-state index < -0.39 is 0 Å². The number of hydrogen-bond donors (Lipinski definition) is 0. The highest BCUT2D eigenvalue weighted by molar-refractivity contribution is 7.99. The standard InChI is InChI=1S/C10H14Cl2N2S/c1-4-6(2)15-5-8-13-9(11)7(3)10(12)14-8/h6H,4-5H2,1-3H3. The van der Waals surface area contributed by atoms with E-state index >= 15 is 0 Å². The van der Waals surface area contributed by atoms with Crippen molar-refractivity contribution < 1.29 is 0 Å². The molecule has 0 spiro atoms. The second-order valence-corrected chi connectivity index (χ2v) is 5.52. The van der Waals surface area contributed by atoms with Crippen molar-refractivity contribution in [3.8, 4) is 0 Å². The van der Waals surface area contributed by atoms with E-state index in [0.29, 0.717) is 21.4 Å². The lowest BCUT2D eigenvalue weighted by molar-refractivity contribution is 0.900. The van der Waals surface area contributed by atoms with E-state index in [2.05, 4.69) is 23.8 Å². The van der Waals surface area contributed by atoms with E-state index in [0.717, 1.165) is 17.7 Å². The summed E-state index contributed by atoms with van der Waals surface area (Å²) in [6, 6.07) is 0. The molecule has 2 nitrogen and oxygen atoms in total. The lowest BCUT2D eigenvalue weighted by Gasteiger charge is -2.08. The van der Waals surface area contributed by atoms with Crippen molar-refractivity contribution >= 4 is 35.0 Å².